The van der Waals surface area contributed by atoms with Crippen molar-refractivity contribution in [2.45, 2.75) is 57.9 Å². The van der Waals surface area contributed by atoms with Crippen molar-refractivity contribution in [1.82, 2.24) is 10.6 Å². The first-order chi connectivity index (χ1) is 9.08. The van der Waals surface area contributed by atoms with Crippen LogP contribution in [0, 0.1) is 5.92 Å². The van der Waals surface area contributed by atoms with E-state index < -0.39 is 5.97 Å². The van der Waals surface area contributed by atoms with Crippen LogP contribution in [0.25, 0.3) is 0 Å². The number of rotatable bonds is 8. The lowest BCUT2D eigenvalue weighted by Crippen LogP contribution is -2.33. The second-order valence-corrected chi connectivity index (χ2v) is 5.49. The maximum Gasteiger partial charge on any atom is 0.303 e. The summed E-state index contributed by atoms with van der Waals surface area (Å²) in [5, 5.41) is 14.8. The van der Waals surface area contributed by atoms with Crippen molar-refractivity contribution < 1.29 is 14.7 Å². The van der Waals surface area contributed by atoms with Crippen molar-refractivity contribution in [3.8, 4) is 0 Å². The normalized spacial score (nSPS) is 17.9. The Labute approximate surface area is 115 Å². The van der Waals surface area contributed by atoms with Crippen LogP contribution < -0.4 is 10.6 Å². The number of carbonyl (C=O) groups excluding carboxylic acids is 1. The monoisotopic (exact) mass is 270 g/mol. The fourth-order valence-corrected chi connectivity index (χ4v) is 2.48. The van der Waals surface area contributed by atoms with Gasteiger partial charge in [-0.3, -0.25) is 9.59 Å². The molecule has 1 saturated heterocycles. The maximum atomic E-state index is 11.8. The highest BCUT2D eigenvalue weighted by Crippen LogP contribution is 2.17. The summed E-state index contributed by atoms with van der Waals surface area (Å²) in [4.78, 5) is 22.1. The van der Waals surface area contributed by atoms with E-state index in [1.807, 2.05) is 6.92 Å². The molecule has 0 aliphatic carbocycles. The average molecular weight is 270 g/mol. The standard InChI is InChI=1S/C14H26N2O3/c1-11(3-2-4-14(18)19)16-13(17)6-5-12-7-9-15-10-8-12/h11-12,15H,2-10H2,1H3,(H,16,17)(H,18,19). The fraction of sp³-hybridized carbons (Fsp3) is 0.857. The predicted octanol–water partition coefficient (Wildman–Crippen LogP) is 1.53. The lowest BCUT2D eigenvalue weighted by atomic mass is 9.93. The van der Waals surface area contributed by atoms with E-state index >= 15 is 0 Å². The lowest BCUT2D eigenvalue weighted by Gasteiger charge is -2.22. The zero-order valence-corrected chi connectivity index (χ0v) is 11.8. The maximum absolute atomic E-state index is 11.8. The molecule has 1 fully saturated rings. The third-order valence-electron chi connectivity index (χ3n) is 3.67. The molecular weight excluding hydrogens is 244 g/mol. The first-order valence-corrected chi connectivity index (χ1v) is 7.30. The highest BCUT2D eigenvalue weighted by Gasteiger charge is 2.15. The van der Waals surface area contributed by atoms with E-state index in [2.05, 4.69) is 10.6 Å². The molecule has 3 N–H and O–H groups in total. The Morgan fingerprint density at radius 1 is 1.32 bits per heavy atom. The molecule has 1 rings (SSSR count). The van der Waals surface area contributed by atoms with E-state index in [0.29, 0.717) is 18.8 Å². The molecule has 110 valence electrons. The highest BCUT2D eigenvalue weighted by atomic mass is 16.4. The van der Waals surface area contributed by atoms with Gasteiger partial charge in [0, 0.05) is 18.9 Å². The van der Waals surface area contributed by atoms with Crippen LogP contribution in [0.5, 0.6) is 0 Å². The summed E-state index contributed by atoms with van der Waals surface area (Å²) >= 11 is 0. The summed E-state index contributed by atoms with van der Waals surface area (Å²) in [6.45, 7) is 4.07. The lowest BCUT2D eigenvalue weighted by molar-refractivity contribution is -0.137. The number of hydrogen-bond acceptors (Lipinski definition) is 3. The molecule has 0 spiro atoms. The number of piperidine rings is 1. The topological polar surface area (TPSA) is 78.4 Å². The molecule has 5 heteroatoms. The molecule has 0 saturated carbocycles. The van der Waals surface area contributed by atoms with Crippen LogP contribution in [0.3, 0.4) is 0 Å². The van der Waals surface area contributed by atoms with E-state index in [1.54, 1.807) is 0 Å². The van der Waals surface area contributed by atoms with Gasteiger partial charge in [0.1, 0.15) is 0 Å². The van der Waals surface area contributed by atoms with Crippen LogP contribution in [0.15, 0.2) is 0 Å². The van der Waals surface area contributed by atoms with E-state index in [1.165, 1.54) is 12.8 Å². The number of carbonyl (C=O) groups is 2. The number of aliphatic carboxylic acids is 1. The van der Waals surface area contributed by atoms with Crippen molar-refractivity contribution in [1.29, 1.82) is 0 Å². The highest BCUT2D eigenvalue weighted by molar-refractivity contribution is 5.76. The summed E-state index contributed by atoms with van der Waals surface area (Å²) < 4.78 is 0. The molecule has 1 aliphatic heterocycles. The second-order valence-electron chi connectivity index (χ2n) is 5.49. The van der Waals surface area contributed by atoms with Gasteiger partial charge in [0.05, 0.1) is 0 Å². The summed E-state index contributed by atoms with van der Waals surface area (Å²) in [6.07, 6.45) is 5.41. The molecule has 1 unspecified atom stereocenters. The second kappa shape index (κ2) is 8.91. The van der Waals surface area contributed by atoms with E-state index in [9.17, 15) is 9.59 Å². The van der Waals surface area contributed by atoms with Crippen LogP contribution >= 0.6 is 0 Å². The third kappa shape index (κ3) is 7.82. The zero-order chi connectivity index (χ0) is 14.1. The largest absolute Gasteiger partial charge is 0.481 e. The molecule has 19 heavy (non-hydrogen) atoms. The zero-order valence-electron chi connectivity index (χ0n) is 11.8. The van der Waals surface area contributed by atoms with Crippen molar-refractivity contribution in [2.24, 2.45) is 5.92 Å². The van der Waals surface area contributed by atoms with E-state index in [0.717, 1.165) is 25.9 Å². The van der Waals surface area contributed by atoms with Crippen LogP contribution in [0.4, 0.5) is 0 Å². The minimum atomic E-state index is -0.774. The van der Waals surface area contributed by atoms with E-state index in [-0.39, 0.29) is 18.4 Å². The molecular formula is C14H26N2O3. The first-order valence-electron chi connectivity index (χ1n) is 7.30. The van der Waals surface area contributed by atoms with Crippen LogP contribution in [0.1, 0.15) is 51.9 Å². The summed E-state index contributed by atoms with van der Waals surface area (Å²) in [5.74, 6) is 0.000101. The van der Waals surface area contributed by atoms with Crippen molar-refractivity contribution in [3.05, 3.63) is 0 Å². The number of nitrogens with one attached hydrogen (secondary N) is 2. The van der Waals surface area contributed by atoms with Crippen LogP contribution in [-0.2, 0) is 9.59 Å². The van der Waals surface area contributed by atoms with Crippen LogP contribution in [-0.4, -0.2) is 36.1 Å². The summed E-state index contributed by atoms with van der Waals surface area (Å²) in [7, 11) is 0. The Morgan fingerprint density at radius 3 is 2.63 bits per heavy atom. The van der Waals surface area contributed by atoms with Crippen LogP contribution in [0.2, 0.25) is 0 Å². The molecule has 0 aromatic carbocycles. The predicted molar refractivity (Wildman–Crippen MR) is 73.9 cm³/mol. The van der Waals surface area contributed by atoms with Gasteiger partial charge in [-0.1, -0.05) is 0 Å². The Balaban J connectivity index is 2.07. The summed E-state index contributed by atoms with van der Waals surface area (Å²) in [5.41, 5.74) is 0. The number of carboxylic acid groups (broad SMARTS) is 1. The van der Waals surface area contributed by atoms with Gasteiger partial charge in [0.25, 0.3) is 0 Å². The van der Waals surface area contributed by atoms with Crippen molar-refractivity contribution in [3.63, 3.8) is 0 Å². The van der Waals surface area contributed by atoms with Gasteiger partial charge in [0.15, 0.2) is 0 Å². The van der Waals surface area contributed by atoms with Crippen molar-refractivity contribution >= 4 is 11.9 Å². The van der Waals surface area contributed by atoms with Gasteiger partial charge in [-0.05, 0) is 58.0 Å². The molecule has 0 aromatic heterocycles. The molecule has 1 aliphatic rings. The molecule has 1 heterocycles. The number of carboxylic acids is 1. The number of hydrogen-bond donors (Lipinski definition) is 3. The number of amides is 1. The Bertz CT molecular complexity index is 288. The molecule has 0 bridgehead atoms. The first kappa shape index (κ1) is 16.0. The van der Waals surface area contributed by atoms with Gasteiger partial charge in [-0.2, -0.15) is 0 Å². The Morgan fingerprint density at radius 2 is 2.00 bits per heavy atom. The Hall–Kier alpha value is -1.10. The Kier molecular flexibility index (Phi) is 7.48. The molecule has 0 aromatic rings. The summed E-state index contributed by atoms with van der Waals surface area (Å²) in [6, 6.07) is 0.0693. The quantitative estimate of drug-likeness (QED) is 0.625. The molecule has 5 nitrogen and oxygen atoms in total. The minimum Gasteiger partial charge on any atom is -0.481 e. The average Bonchev–Trinajstić information content (AvgIpc) is 2.37. The van der Waals surface area contributed by atoms with Crippen molar-refractivity contribution in [2.75, 3.05) is 13.1 Å². The SMILES string of the molecule is CC(CCCC(=O)O)NC(=O)CCC1CCNCC1. The van der Waals surface area contributed by atoms with Gasteiger partial charge in [-0.15, -0.1) is 0 Å². The van der Waals surface area contributed by atoms with E-state index in [4.69, 9.17) is 5.11 Å². The fourth-order valence-electron chi connectivity index (χ4n) is 2.48. The van der Waals surface area contributed by atoms with Gasteiger partial charge in [-0.25, -0.2) is 0 Å². The van der Waals surface area contributed by atoms with Gasteiger partial charge >= 0.3 is 5.97 Å². The molecule has 0 radical (unpaired) electrons. The smallest absolute Gasteiger partial charge is 0.303 e. The third-order valence-corrected chi connectivity index (χ3v) is 3.67. The molecule has 1 atom stereocenters. The molecule has 1 amide bonds. The van der Waals surface area contributed by atoms with Gasteiger partial charge in [0.2, 0.25) is 5.91 Å². The minimum absolute atomic E-state index is 0.0693. The van der Waals surface area contributed by atoms with Gasteiger partial charge < -0.3 is 15.7 Å².